The molecule has 3 aromatic rings. The quantitative estimate of drug-likeness (QED) is 0.534. The Bertz CT molecular complexity index is 975. The standard InChI is InChI=1S/C17H18BrN3O3/c1-10-15-16(20-19-10)12-9-11(18)6-7-13(12)21(17(15)23)8-4-3-5-14(22)24-2/h6-7,9H,3-5,8H2,1-2H3,(H,19,20). The van der Waals surface area contributed by atoms with Crippen molar-refractivity contribution in [2.45, 2.75) is 32.7 Å². The van der Waals surface area contributed by atoms with Crippen molar-refractivity contribution in [1.82, 2.24) is 14.8 Å². The van der Waals surface area contributed by atoms with Gasteiger partial charge in [-0.15, -0.1) is 0 Å². The summed E-state index contributed by atoms with van der Waals surface area (Å²) >= 11 is 3.48. The van der Waals surface area contributed by atoms with E-state index in [1.807, 2.05) is 25.1 Å². The minimum absolute atomic E-state index is 0.0517. The third kappa shape index (κ3) is 2.96. The van der Waals surface area contributed by atoms with Crippen molar-refractivity contribution in [1.29, 1.82) is 0 Å². The Hall–Kier alpha value is -2.15. The number of nitrogens with zero attached hydrogens (tertiary/aromatic N) is 2. The number of fused-ring (bicyclic) bond motifs is 3. The third-order valence-electron chi connectivity index (χ3n) is 4.15. The maximum atomic E-state index is 12.9. The second-order valence-corrected chi connectivity index (χ2v) is 6.64. The molecule has 6 nitrogen and oxygen atoms in total. The number of carbonyl (C=O) groups excluding carboxylic acids is 1. The zero-order valence-electron chi connectivity index (χ0n) is 13.6. The molecule has 0 aliphatic rings. The summed E-state index contributed by atoms with van der Waals surface area (Å²) in [5.74, 6) is -0.225. The van der Waals surface area contributed by atoms with Gasteiger partial charge in [-0.2, -0.15) is 5.10 Å². The molecule has 0 saturated carbocycles. The fourth-order valence-corrected chi connectivity index (χ4v) is 3.29. The molecule has 0 fully saturated rings. The van der Waals surface area contributed by atoms with E-state index >= 15 is 0 Å². The van der Waals surface area contributed by atoms with Crippen LogP contribution in [-0.2, 0) is 16.1 Å². The van der Waals surface area contributed by atoms with Crippen LogP contribution in [0.5, 0.6) is 0 Å². The summed E-state index contributed by atoms with van der Waals surface area (Å²) in [7, 11) is 1.38. The Morgan fingerprint density at radius 1 is 1.38 bits per heavy atom. The molecule has 24 heavy (non-hydrogen) atoms. The maximum absolute atomic E-state index is 12.9. The Balaban J connectivity index is 2.04. The number of unbranched alkanes of at least 4 members (excludes halogenated alkanes) is 1. The minimum atomic E-state index is -0.225. The van der Waals surface area contributed by atoms with Crippen molar-refractivity contribution in [3.8, 4) is 0 Å². The summed E-state index contributed by atoms with van der Waals surface area (Å²) in [4.78, 5) is 24.1. The van der Waals surface area contributed by atoms with E-state index in [1.54, 1.807) is 4.57 Å². The Morgan fingerprint density at radius 2 is 2.17 bits per heavy atom. The first-order valence-corrected chi connectivity index (χ1v) is 8.55. The van der Waals surface area contributed by atoms with Gasteiger partial charge in [-0.25, -0.2) is 0 Å². The fraction of sp³-hybridized carbons (Fsp3) is 0.353. The fourth-order valence-electron chi connectivity index (χ4n) is 2.93. The number of carbonyl (C=O) groups is 1. The highest BCUT2D eigenvalue weighted by atomic mass is 79.9. The second kappa shape index (κ2) is 6.76. The lowest BCUT2D eigenvalue weighted by molar-refractivity contribution is -0.140. The number of methoxy groups -OCH3 is 1. The molecule has 1 aromatic carbocycles. The predicted octanol–water partition coefficient (Wildman–Crippen LogP) is 3.29. The van der Waals surface area contributed by atoms with Crippen LogP contribution in [0, 0.1) is 6.92 Å². The Labute approximate surface area is 146 Å². The number of hydrogen-bond acceptors (Lipinski definition) is 4. The lowest BCUT2D eigenvalue weighted by Crippen LogP contribution is -2.21. The smallest absolute Gasteiger partial charge is 0.305 e. The molecule has 0 saturated heterocycles. The molecule has 0 amide bonds. The number of esters is 1. The van der Waals surface area contributed by atoms with E-state index in [1.165, 1.54) is 7.11 Å². The van der Waals surface area contributed by atoms with Gasteiger partial charge in [-0.3, -0.25) is 14.7 Å². The molecule has 0 aliphatic carbocycles. The summed E-state index contributed by atoms with van der Waals surface area (Å²) in [6.45, 7) is 2.40. The molecule has 0 aliphatic heterocycles. The molecule has 0 radical (unpaired) electrons. The van der Waals surface area contributed by atoms with Crippen molar-refractivity contribution in [3.63, 3.8) is 0 Å². The predicted molar refractivity (Wildman–Crippen MR) is 96.2 cm³/mol. The molecule has 0 bridgehead atoms. The van der Waals surface area contributed by atoms with Gasteiger partial charge in [-0.1, -0.05) is 15.9 Å². The topological polar surface area (TPSA) is 77.0 Å². The molecule has 7 heteroatoms. The Kier molecular flexibility index (Phi) is 4.71. The number of aromatic nitrogens is 3. The summed E-state index contributed by atoms with van der Waals surface area (Å²) in [5.41, 5.74) is 2.25. The van der Waals surface area contributed by atoms with Gasteiger partial charge in [0.25, 0.3) is 5.56 Å². The summed E-state index contributed by atoms with van der Waals surface area (Å²) in [6, 6.07) is 5.81. The highest BCUT2D eigenvalue weighted by molar-refractivity contribution is 9.10. The average Bonchev–Trinajstić information content (AvgIpc) is 2.96. The monoisotopic (exact) mass is 391 g/mol. The molecule has 2 aromatic heterocycles. The number of benzene rings is 1. The largest absolute Gasteiger partial charge is 0.469 e. The van der Waals surface area contributed by atoms with Crippen LogP contribution < -0.4 is 5.56 Å². The van der Waals surface area contributed by atoms with Crippen LogP contribution in [0.1, 0.15) is 25.0 Å². The lowest BCUT2D eigenvalue weighted by Gasteiger charge is -2.11. The maximum Gasteiger partial charge on any atom is 0.305 e. The van der Waals surface area contributed by atoms with Gasteiger partial charge in [0.2, 0.25) is 0 Å². The molecule has 126 valence electrons. The number of H-pyrrole nitrogens is 1. The van der Waals surface area contributed by atoms with Gasteiger partial charge in [0.15, 0.2) is 0 Å². The minimum Gasteiger partial charge on any atom is -0.469 e. The van der Waals surface area contributed by atoms with E-state index < -0.39 is 0 Å². The number of ether oxygens (including phenoxy) is 1. The number of halogens is 1. The van der Waals surface area contributed by atoms with Gasteiger partial charge in [-0.05, 0) is 38.0 Å². The van der Waals surface area contributed by atoms with Gasteiger partial charge < -0.3 is 9.30 Å². The van der Waals surface area contributed by atoms with Crippen LogP contribution in [0.4, 0.5) is 0 Å². The van der Waals surface area contributed by atoms with Gasteiger partial charge >= 0.3 is 5.97 Å². The van der Waals surface area contributed by atoms with E-state index in [4.69, 9.17) is 0 Å². The molecule has 2 heterocycles. The van der Waals surface area contributed by atoms with E-state index in [0.29, 0.717) is 30.3 Å². The Morgan fingerprint density at radius 3 is 2.92 bits per heavy atom. The van der Waals surface area contributed by atoms with Crippen LogP contribution in [0.25, 0.3) is 21.8 Å². The normalized spacial score (nSPS) is 11.3. The van der Waals surface area contributed by atoms with Gasteiger partial charge in [0.05, 0.1) is 18.0 Å². The highest BCUT2D eigenvalue weighted by Gasteiger charge is 2.15. The van der Waals surface area contributed by atoms with Crippen molar-refractivity contribution < 1.29 is 9.53 Å². The van der Waals surface area contributed by atoms with Crippen LogP contribution in [0.2, 0.25) is 0 Å². The molecular formula is C17H18BrN3O3. The van der Waals surface area contributed by atoms with Crippen LogP contribution in [-0.4, -0.2) is 27.8 Å². The first-order chi connectivity index (χ1) is 11.5. The molecule has 1 N–H and O–H groups in total. The lowest BCUT2D eigenvalue weighted by atomic mass is 10.1. The third-order valence-corrected chi connectivity index (χ3v) is 4.64. The average molecular weight is 392 g/mol. The van der Waals surface area contributed by atoms with Gasteiger partial charge in [0, 0.05) is 28.5 Å². The van der Waals surface area contributed by atoms with E-state index in [-0.39, 0.29) is 11.5 Å². The molecule has 0 unspecified atom stereocenters. The first-order valence-electron chi connectivity index (χ1n) is 7.76. The summed E-state index contributed by atoms with van der Waals surface area (Å²) in [5, 5.41) is 8.75. The zero-order chi connectivity index (χ0) is 17.3. The van der Waals surface area contributed by atoms with Crippen molar-refractivity contribution in [3.05, 3.63) is 38.7 Å². The SMILES string of the molecule is COC(=O)CCCCn1c(=O)c2c(C)[nH]nc2c2cc(Br)ccc21. The van der Waals surface area contributed by atoms with Crippen molar-refractivity contribution >= 4 is 43.7 Å². The second-order valence-electron chi connectivity index (χ2n) is 5.72. The highest BCUT2D eigenvalue weighted by Crippen LogP contribution is 2.26. The van der Waals surface area contributed by atoms with E-state index in [0.717, 1.165) is 27.5 Å². The molecular weight excluding hydrogens is 374 g/mol. The number of aromatic amines is 1. The number of aryl methyl sites for hydroxylation is 2. The molecule has 3 rings (SSSR count). The van der Waals surface area contributed by atoms with E-state index in [2.05, 4.69) is 30.9 Å². The summed E-state index contributed by atoms with van der Waals surface area (Å²) < 4.78 is 7.35. The number of nitrogens with one attached hydrogen (secondary N) is 1. The number of rotatable bonds is 5. The zero-order valence-corrected chi connectivity index (χ0v) is 15.1. The van der Waals surface area contributed by atoms with Crippen molar-refractivity contribution in [2.24, 2.45) is 0 Å². The summed E-state index contributed by atoms with van der Waals surface area (Å²) in [6.07, 6.45) is 1.77. The number of hydrogen-bond donors (Lipinski definition) is 1. The van der Waals surface area contributed by atoms with Crippen molar-refractivity contribution in [2.75, 3.05) is 7.11 Å². The van der Waals surface area contributed by atoms with E-state index in [9.17, 15) is 9.59 Å². The van der Waals surface area contributed by atoms with Crippen LogP contribution >= 0.6 is 15.9 Å². The first kappa shape index (κ1) is 16.7. The number of pyridine rings is 1. The molecule has 0 spiro atoms. The van der Waals surface area contributed by atoms with Crippen LogP contribution in [0.3, 0.4) is 0 Å². The van der Waals surface area contributed by atoms with Crippen LogP contribution in [0.15, 0.2) is 27.5 Å². The van der Waals surface area contributed by atoms with Gasteiger partial charge in [0.1, 0.15) is 5.52 Å². The molecule has 0 atom stereocenters.